The van der Waals surface area contributed by atoms with Gasteiger partial charge in [0.2, 0.25) is 0 Å². The number of rotatable bonds is 8. The lowest BCUT2D eigenvalue weighted by Gasteiger charge is -2.35. The van der Waals surface area contributed by atoms with Gasteiger partial charge in [-0.05, 0) is 92.5 Å². The van der Waals surface area contributed by atoms with Gasteiger partial charge in [0.05, 0.1) is 33.1 Å². The summed E-state index contributed by atoms with van der Waals surface area (Å²) in [5.41, 5.74) is 12.8. The van der Waals surface area contributed by atoms with E-state index in [9.17, 15) is 0 Å². The summed E-state index contributed by atoms with van der Waals surface area (Å²) in [6.45, 7) is 0. The van der Waals surface area contributed by atoms with Gasteiger partial charge in [-0.25, -0.2) is 0 Å². The van der Waals surface area contributed by atoms with Crippen LogP contribution in [0.3, 0.4) is 0 Å². The van der Waals surface area contributed by atoms with Crippen LogP contribution in [0.4, 0.5) is 0 Å². The number of hydrogen-bond donors (Lipinski definition) is 0. The van der Waals surface area contributed by atoms with E-state index in [-0.39, 0.29) is 0 Å². The van der Waals surface area contributed by atoms with Gasteiger partial charge in [-0.1, -0.05) is 212 Å². The lowest BCUT2D eigenvalue weighted by molar-refractivity contribution is 1.13. The first kappa shape index (κ1) is 40.1. The average Bonchev–Trinajstić information content (AvgIpc) is 4.08. The first-order chi connectivity index (χ1) is 34.8. The van der Waals surface area contributed by atoms with Crippen LogP contribution in [0.25, 0.3) is 93.6 Å². The SMILES string of the molecule is c1ccc(-c2cc(-n3c4ccccc4c4cc(-n5c6ccccc6c6ccccc65)ccc43)cc(-n3c4ccccc4c4cccc([Si](c5ccccc5)(c5ccccc5)c5ccccc5)c43)c2)cc1. The molecule has 0 aliphatic rings. The van der Waals surface area contributed by atoms with Crippen molar-refractivity contribution in [1.82, 2.24) is 13.7 Å². The summed E-state index contributed by atoms with van der Waals surface area (Å²) < 4.78 is 7.50. The van der Waals surface area contributed by atoms with E-state index >= 15 is 0 Å². The van der Waals surface area contributed by atoms with Crippen molar-refractivity contribution < 1.29 is 0 Å². The quantitative estimate of drug-likeness (QED) is 0.107. The van der Waals surface area contributed by atoms with Gasteiger partial charge in [0.1, 0.15) is 0 Å². The zero-order chi connectivity index (χ0) is 46.2. The predicted octanol–water partition coefficient (Wildman–Crippen LogP) is 14.0. The summed E-state index contributed by atoms with van der Waals surface area (Å²) in [5.74, 6) is 0. The summed E-state index contributed by atoms with van der Waals surface area (Å²) in [6, 6.07) is 102. The fourth-order valence-electron chi connectivity index (χ4n) is 11.8. The van der Waals surface area contributed by atoms with Crippen LogP contribution in [-0.4, -0.2) is 21.8 Å². The monoisotopic (exact) mass is 907 g/mol. The third kappa shape index (κ3) is 6.00. The Morgan fingerprint density at radius 1 is 0.229 bits per heavy atom. The van der Waals surface area contributed by atoms with E-state index in [0.29, 0.717) is 0 Å². The Morgan fingerprint density at radius 3 is 1.14 bits per heavy atom. The van der Waals surface area contributed by atoms with Crippen LogP contribution in [0.15, 0.2) is 273 Å². The molecule has 0 bridgehead atoms. The molecule has 3 aromatic heterocycles. The first-order valence-electron chi connectivity index (χ1n) is 24.2. The maximum absolute atomic E-state index is 3.00. The molecule has 0 atom stereocenters. The van der Waals surface area contributed by atoms with Crippen molar-refractivity contribution in [1.29, 1.82) is 0 Å². The van der Waals surface area contributed by atoms with Crippen molar-refractivity contribution in [2.45, 2.75) is 0 Å². The van der Waals surface area contributed by atoms with Crippen molar-refractivity contribution in [3.63, 3.8) is 0 Å². The number of para-hydroxylation sites is 5. The van der Waals surface area contributed by atoms with Gasteiger partial charge in [-0.3, -0.25) is 0 Å². The third-order valence-corrected chi connectivity index (χ3v) is 19.5. The van der Waals surface area contributed by atoms with E-state index in [4.69, 9.17) is 0 Å². The Kier molecular flexibility index (Phi) is 9.23. The highest BCUT2D eigenvalue weighted by molar-refractivity contribution is 7.20. The summed E-state index contributed by atoms with van der Waals surface area (Å²) in [4.78, 5) is 0. The molecule has 14 rings (SSSR count). The molecule has 0 unspecified atom stereocenters. The van der Waals surface area contributed by atoms with E-state index in [2.05, 4.69) is 287 Å². The molecule has 3 heterocycles. The normalized spacial score (nSPS) is 12.0. The smallest absolute Gasteiger partial charge is 0.181 e. The highest BCUT2D eigenvalue weighted by Crippen LogP contribution is 2.40. The van der Waals surface area contributed by atoms with Crippen LogP contribution in [0.5, 0.6) is 0 Å². The molecule has 0 amide bonds. The van der Waals surface area contributed by atoms with Gasteiger partial charge in [0, 0.05) is 49.4 Å². The molecule has 0 radical (unpaired) electrons. The second-order valence-corrected chi connectivity index (χ2v) is 22.2. The maximum Gasteiger partial charge on any atom is 0.181 e. The molecule has 0 spiro atoms. The second kappa shape index (κ2) is 16.1. The fourth-order valence-corrected chi connectivity index (χ4v) is 16.8. The minimum atomic E-state index is -3.00. The number of nitrogens with zero attached hydrogens (tertiary/aromatic N) is 3. The second-order valence-electron chi connectivity index (χ2n) is 18.4. The average molecular weight is 908 g/mol. The van der Waals surface area contributed by atoms with Crippen LogP contribution in [0.1, 0.15) is 0 Å². The molecule has 0 aliphatic carbocycles. The van der Waals surface area contributed by atoms with Gasteiger partial charge >= 0.3 is 0 Å². The van der Waals surface area contributed by atoms with Crippen LogP contribution >= 0.6 is 0 Å². The van der Waals surface area contributed by atoms with Crippen molar-refractivity contribution in [3.05, 3.63) is 273 Å². The number of hydrogen-bond acceptors (Lipinski definition) is 0. The Labute approximate surface area is 407 Å². The van der Waals surface area contributed by atoms with Gasteiger partial charge in [-0.15, -0.1) is 0 Å². The Hall–Kier alpha value is -8.96. The molecule has 3 nitrogen and oxygen atoms in total. The highest BCUT2D eigenvalue weighted by atomic mass is 28.3. The van der Waals surface area contributed by atoms with E-state index in [1.165, 1.54) is 86.2 Å². The number of fused-ring (bicyclic) bond motifs is 9. The standard InChI is InChI=1S/C66H45N3Si/c1-5-22-46(23-6-1)47-42-49(68-62-37-19-16-33-57(62)59-45-48(40-41-64(59)68)67-60-35-17-13-30-54(60)55-31-14-18-36-61(55)67)44-50(43-47)69-63-38-20-15-32-56(63)58-34-21-39-65(66(58)69)70(51-24-7-2-8-25-51,52-26-9-3-10-27-52)53-28-11-4-12-29-53/h1-45H. The maximum atomic E-state index is 2.58. The molecule has 70 heavy (non-hydrogen) atoms. The summed E-state index contributed by atoms with van der Waals surface area (Å²) in [6.07, 6.45) is 0. The van der Waals surface area contributed by atoms with Crippen molar-refractivity contribution in [3.8, 4) is 28.2 Å². The van der Waals surface area contributed by atoms with Gasteiger partial charge in [0.15, 0.2) is 8.07 Å². The van der Waals surface area contributed by atoms with Crippen LogP contribution < -0.4 is 20.7 Å². The van der Waals surface area contributed by atoms with Crippen molar-refractivity contribution in [2.75, 3.05) is 0 Å². The van der Waals surface area contributed by atoms with E-state index < -0.39 is 8.07 Å². The van der Waals surface area contributed by atoms with Crippen LogP contribution in [0.2, 0.25) is 0 Å². The lowest BCUT2D eigenvalue weighted by Crippen LogP contribution is -2.75. The number of benzene rings is 11. The molecule has 328 valence electrons. The highest BCUT2D eigenvalue weighted by Gasteiger charge is 2.43. The zero-order valence-electron chi connectivity index (χ0n) is 38.3. The molecule has 11 aromatic carbocycles. The first-order valence-corrected chi connectivity index (χ1v) is 26.2. The molecular formula is C66H45N3Si. The number of aromatic nitrogens is 3. The van der Waals surface area contributed by atoms with Crippen LogP contribution in [-0.2, 0) is 0 Å². The molecule has 0 N–H and O–H groups in total. The molecular weight excluding hydrogens is 863 g/mol. The van der Waals surface area contributed by atoms with E-state index in [1.807, 2.05) is 0 Å². The molecule has 0 saturated carbocycles. The summed E-state index contributed by atoms with van der Waals surface area (Å²) in [7, 11) is -3.00. The predicted molar refractivity (Wildman–Crippen MR) is 299 cm³/mol. The molecule has 0 aliphatic heterocycles. The Bertz CT molecular complexity index is 4130. The Morgan fingerprint density at radius 2 is 0.614 bits per heavy atom. The van der Waals surface area contributed by atoms with Crippen LogP contribution in [0, 0.1) is 0 Å². The third-order valence-electron chi connectivity index (χ3n) is 14.7. The van der Waals surface area contributed by atoms with E-state index in [0.717, 1.165) is 28.1 Å². The Balaban J connectivity index is 1.08. The van der Waals surface area contributed by atoms with Gasteiger partial charge in [0.25, 0.3) is 0 Å². The minimum absolute atomic E-state index is 1.10. The zero-order valence-corrected chi connectivity index (χ0v) is 39.3. The topological polar surface area (TPSA) is 14.8 Å². The van der Waals surface area contributed by atoms with Gasteiger partial charge in [-0.2, -0.15) is 0 Å². The molecule has 4 heteroatoms. The molecule has 0 fully saturated rings. The van der Waals surface area contributed by atoms with Crippen molar-refractivity contribution in [2.24, 2.45) is 0 Å². The van der Waals surface area contributed by atoms with E-state index in [1.54, 1.807) is 0 Å². The molecule has 0 saturated heterocycles. The van der Waals surface area contributed by atoms with Gasteiger partial charge < -0.3 is 13.7 Å². The largest absolute Gasteiger partial charge is 0.309 e. The lowest BCUT2D eigenvalue weighted by atomic mass is 10.0. The van der Waals surface area contributed by atoms with Crippen molar-refractivity contribution >= 4 is 94.2 Å². The molecule has 14 aromatic rings. The summed E-state index contributed by atoms with van der Waals surface area (Å²) in [5, 5.41) is 12.8. The fraction of sp³-hybridized carbons (Fsp3) is 0. The minimum Gasteiger partial charge on any atom is -0.309 e. The summed E-state index contributed by atoms with van der Waals surface area (Å²) >= 11 is 0.